The first-order valence-corrected chi connectivity index (χ1v) is 9.56. The van der Waals surface area contributed by atoms with Crippen LogP contribution in [0.15, 0.2) is 24.3 Å². The molecule has 2 rings (SSSR count). The van der Waals surface area contributed by atoms with Crippen LogP contribution >= 0.6 is 0 Å². The highest BCUT2D eigenvalue weighted by Gasteiger charge is 2.16. The summed E-state index contributed by atoms with van der Waals surface area (Å²) < 4.78 is 6.04. The first-order chi connectivity index (χ1) is 12.6. The summed E-state index contributed by atoms with van der Waals surface area (Å²) in [5.74, 6) is 7.28. The van der Waals surface area contributed by atoms with Gasteiger partial charge in [-0.3, -0.25) is 4.79 Å². The number of piperidine rings is 1. The van der Waals surface area contributed by atoms with E-state index in [-0.39, 0.29) is 11.8 Å². The molecule has 1 aliphatic rings. The quantitative estimate of drug-likeness (QED) is 0.516. The molecule has 142 valence electrons. The number of ether oxygens (including phenoxy) is 1. The van der Waals surface area contributed by atoms with Crippen LogP contribution in [-0.2, 0) is 4.79 Å². The Bertz CT molecular complexity index is 628. The minimum atomic E-state index is -0.441. The summed E-state index contributed by atoms with van der Waals surface area (Å²) in [5, 5.41) is 6.20. The van der Waals surface area contributed by atoms with Crippen molar-refractivity contribution < 1.29 is 9.53 Å². The molecule has 5 heteroatoms. The third-order valence-electron chi connectivity index (χ3n) is 4.45. The van der Waals surface area contributed by atoms with E-state index in [9.17, 15) is 4.79 Å². The van der Waals surface area contributed by atoms with E-state index in [1.165, 1.54) is 0 Å². The molecule has 0 bridgehead atoms. The molecule has 1 aromatic carbocycles. The van der Waals surface area contributed by atoms with Crippen molar-refractivity contribution in [2.75, 3.05) is 19.6 Å². The highest BCUT2D eigenvalue weighted by Crippen LogP contribution is 2.17. The van der Waals surface area contributed by atoms with E-state index < -0.39 is 6.04 Å². The van der Waals surface area contributed by atoms with Crippen LogP contribution in [0.4, 0.5) is 0 Å². The smallest absolute Gasteiger partial charge is 0.237 e. The third-order valence-corrected chi connectivity index (χ3v) is 4.45. The Hall–Kier alpha value is -2.03. The van der Waals surface area contributed by atoms with Gasteiger partial charge in [0.05, 0.1) is 6.04 Å². The maximum Gasteiger partial charge on any atom is 0.237 e. The monoisotopic (exact) mass is 357 g/mol. The molecule has 0 aliphatic carbocycles. The fraction of sp³-hybridized carbons (Fsp3) is 0.571. The van der Waals surface area contributed by atoms with Gasteiger partial charge in [0.1, 0.15) is 11.9 Å². The number of hydrogen-bond acceptors (Lipinski definition) is 4. The molecule has 4 N–H and O–H groups in total. The maximum absolute atomic E-state index is 11.7. The van der Waals surface area contributed by atoms with Crippen molar-refractivity contribution in [3.05, 3.63) is 29.8 Å². The van der Waals surface area contributed by atoms with E-state index in [0.29, 0.717) is 12.6 Å². The van der Waals surface area contributed by atoms with Crippen molar-refractivity contribution in [1.82, 2.24) is 10.6 Å². The summed E-state index contributed by atoms with van der Waals surface area (Å²) >= 11 is 0. The molecular formula is C21H31N3O2. The zero-order chi connectivity index (χ0) is 18.8. The SMILES string of the molecule is CC(C)[C@H](N)C(=O)NCCCC#Cc1cccc(OC2CCNCC2)c1. The Morgan fingerprint density at radius 1 is 1.38 bits per heavy atom. The van der Waals surface area contributed by atoms with Crippen molar-refractivity contribution >= 4 is 5.91 Å². The van der Waals surface area contributed by atoms with Gasteiger partial charge < -0.3 is 21.1 Å². The van der Waals surface area contributed by atoms with E-state index in [1.807, 2.05) is 38.1 Å². The molecule has 0 radical (unpaired) electrons. The Kier molecular flexibility index (Phi) is 8.46. The Morgan fingerprint density at radius 3 is 2.88 bits per heavy atom. The third kappa shape index (κ3) is 7.07. The summed E-state index contributed by atoms with van der Waals surface area (Å²) in [4.78, 5) is 11.7. The zero-order valence-electron chi connectivity index (χ0n) is 15.9. The van der Waals surface area contributed by atoms with Crippen molar-refractivity contribution in [2.45, 2.75) is 51.7 Å². The van der Waals surface area contributed by atoms with Gasteiger partial charge in [0, 0.05) is 18.5 Å². The van der Waals surface area contributed by atoms with Gasteiger partial charge >= 0.3 is 0 Å². The molecule has 5 nitrogen and oxygen atoms in total. The molecule has 0 aromatic heterocycles. The first kappa shape index (κ1) is 20.3. The molecule has 1 saturated heterocycles. The summed E-state index contributed by atoms with van der Waals surface area (Å²) in [6, 6.07) is 7.52. The van der Waals surface area contributed by atoms with Crippen LogP contribution in [0.2, 0.25) is 0 Å². The van der Waals surface area contributed by atoms with Crippen LogP contribution in [0.3, 0.4) is 0 Å². The second kappa shape index (κ2) is 10.8. The van der Waals surface area contributed by atoms with Crippen LogP contribution in [0.5, 0.6) is 5.75 Å². The highest BCUT2D eigenvalue weighted by molar-refractivity contribution is 5.81. The van der Waals surface area contributed by atoms with Crippen molar-refractivity contribution in [3.63, 3.8) is 0 Å². The maximum atomic E-state index is 11.7. The Labute approximate surface area is 157 Å². The molecule has 1 amide bonds. The molecule has 0 saturated carbocycles. The molecule has 0 unspecified atom stereocenters. The number of carbonyl (C=O) groups is 1. The van der Waals surface area contributed by atoms with Gasteiger partial charge in [-0.25, -0.2) is 0 Å². The number of amides is 1. The fourth-order valence-electron chi connectivity index (χ4n) is 2.73. The lowest BCUT2D eigenvalue weighted by molar-refractivity contribution is -0.123. The van der Waals surface area contributed by atoms with Gasteiger partial charge in [0.2, 0.25) is 5.91 Å². The topological polar surface area (TPSA) is 76.4 Å². The number of unbranched alkanes of at least 4 members (excludes halogenated alkanes) is 1. The lowest BCUT2D eigenvalue weighted by Gasteiger charge is -2.23. The molecule has 1 aromatic rings. The van der Waals surface area contributed by atoms with E-state index in [2.05, 4.69) is 22.5 Å². The predicted molar refractivity (Wildman–Crippen MR) is 105 cm³/mol. The largest absolute Gasteiger partial charge is 0.490 e. The minimum absolute atomic E-state index is 0.0873. The lowest BCUT2D eigenvalue weighted by Crippen LogP contribution is -2.44. The summed E-state index contributed by atoms with van der Waals surface area (Å²) in [6.45, 7) is 6.52. The number of carbonyl (C=O) groups excluding carboxylic acids is 1. The summed E-state index contributed by atoms with van der Waals surface area (Å²) in [5.41, 5.74) is 6.76. The molecule has 1 fully saturated rings. The van der Waals surface area contributed by atoms with Crippen LogP contribution in [0.1, 0.15) is 45.1 Å². The zero-order valence-corrected chi connectivity index (χ0v) is 15.9. The molecule has 1 heterocycles. The average Bonchev–Trinajstić information content (AvgIpc) is 2.64. The number of benzene rings is 1. The minimum Gasteiger partial charge on any atom is -0.490 e. The van der Waals surface area contributed by atoms with Gasteiger partial charge in [-0.15, -0.1) is 0 Å². The van der Waals surface area contributed by atoms with Crippen molar-refractivity contribution in [1.29, 1.82) is 0 Å². The number of nitrogens with one attached hydrogen (secondary N) is 2. The van der Waals surface area contributed by atoms with Crippen molar-refractivity contribution in [3.8, 4) is 17.6 Å². The fourth-order valence-corrected chi connectivity index (χ4v) is 2.73. The van der Waals surface area contributed by atoms with E-state index >= 15 is 0 Å². The van der Waals surface area contributed by atoms with Crippen LogP contribution in [0.25, 0.3) is 0 Å². The van der Waals surface area contributed by atoms with Crippen LogP contribution < -0.4 is 21.1 Å². The van der Waals surface area contributed by atoms with Gasteiger partial charge in [-0.2, -0.15) is 0 Å². The van der Waals surface area contributed by atoms with Gasteiger partial charge in [0.25, 0.3) is 0 Å². The molecular weight excluding hydrogens is 326 g/mol. The van der Waals surface area contributed by atoms with Crippen LogP contribution in [0, 0.1) is 17.8 Å². The number of hydrogen-bond donors (Lipinski definition) is 3. The summed E-state index contributed by atoms with van der Waals surface area (Å²) in [6.07, 6.45) is 3.93. The van der Waals surface area contributed by atoms with Gasteiger partial charge in [0.15, 0.2) is 0 Å². The predicted octanol–water partition coefficient (Wildman–Crippen LogP) is 2.05. The first-order valence-electron chi connectivity index (χ1n) is 9.56. The van der Waals surface area contributed by atoms with E-state index in [0.717, 1.165) is 50.1 Å². The summed E-state index contributed by atoms with van der Waals surface area (Å²) in [7, 11) is 0. The van der Waals surface area contributed by atoms with E-state index in [1.54, 1.807) is 0 Å². The normalized spacial score (nSPS) is 15.8. The highest BCUT2D eigenvalue weighted by atomic mass is 16.5. The molecule has 1 aliphatic heterocycles. The second-order valence-corrected chi connectivity index (χ2v) is 7.06. The van der Waals surface area contributed by atoms with E-state index in [4.69, 9.17) is 10.5 Å². The van der Waals surface area contributed by atoms with Gasteiger partial charge in [-0.05, 0) is 56.5 Å². The van der Waals surface area contributed by atoms with Gasteiger partial charge in [-0.1, -0.05) is 31.8 Å². The average molecular weight is 357 g/mol. The molecule has 0 spiro atoms. The Balaban J connectivity index is 1.72. The standard InChI is InChI=1S/C21H31N3O2/c1-16(2)20(22)21(25)24-12-5-3-4-7-17-8-6-9-19(15-17)26-18-10-13-23-14-11-18/h6,8-9,15-16,18,20,23H,3,5,10-14,22H2,1-2H3,(H,24,25)/t20-/m0/s1. The van der Waals surface area contributed by atoms with Crippen molar-refractivity contribution in [2.24, 2.45) is 11.7 Å². The lowest BCUT2D eigenvalue weighted by atomic mass is 10.1. The Morgan fingerprint density at radius 2 is 2.15 bits per heavy atom. The second-order valence-electron chi connectivity index (χ2n) is 7.06. The number of rotatable bonds is 7. The van der Waals surface area contributed by atoms with Crippen LogP contribution in [-0.4, -0.2) is 37.7 Å². The molecule has 26 heavy (non-hydrogen) atoms. The molecule has 1 atom stereocenters. The number of nitrogens with two attached hydrogens (primary N) is 1.